The lowest BCUT2D eigenvalue weighted by Gasteiger charge is -2.12. The second-order valence-electron chi connectivity index (χ2n) is 8.46. The molecule has 0 fully saturated rings. The number of rotatable bonds is 10. The number of aryl methyl sites for hydroxylation is 2. The Labute approximate surface area is 221 Å². The van der Waals surface area contributed by atoms with Crippen molar-refractivity contribution in [2.45, 2.75) is 18.7 Å². The fourth-order valence-electron chi connectivity index (χ4n) is 3.61. The van der Waals surface area contributed by atoms with Crippen molar-refractivity contribution >= 4 is 49.8 Å². The number of hydrogen-bond acceptors (Lipinski definition) is 6. The molecule has 4 aromatic rings. The van der Waals surface area contributed by atoms with E-state index in [2.05, 4.69) is 20.3 Å². The lowest BCUT2D eigenvalue weighted by Crippen LogP contribution is -2.32. The van der Waals surface area contributed by atoms with E-state index < -0.39 is 10.0 Å². The molecule has 1 heterocycles. The molecule has 0 aliphatic carbocycles. The minimum Gasteiger partial charge on any atom is -0.484 e. The number of carbonyl (C=O) groups is 1. The number of sulfonamides is 1. The first-order valence-electron chi connectivity index (χ1n) is 11.6. The van der Waals surface area contributed by atoms with Gasteiger partial charge in [-0.05, 0) is 85.6 Å². The third kappa shape index (κ3) is 6.90. The van der Waals surface area contributed by atoms with Crippen LogP contribution in [0.1, 0.15) is 11.1 Å². The van der Waals surface area contributed by atoms with Gasteiger partial charge in [-0.3, -0.25) is 14.5 Å². The van der Waals surface area contributed by atoms with Crippen LogP contribution in [0.25, 0.3) is 10.9 Å². The summed E-state index contributed by atoms with van der Waals surface area (Å²) in [4.78, 5) is 16.6. The number of halogens is 1. The molecule has 0 unspecified atom stereocenters. The number of nitrogens with one attached hydrogen (secondary N) is 3. The second-order valence-corrected chi connectivity index (χ2v) is 10.6. The standard InChI is InChI=1S/C27H27ClN4O4S/c1-18-3-5-21(15-19(18)2)32-37(34,35)23-8-6-22(7-9-23)36-17-27(33)31-14-13-30-25-11-12-29-26-16-20(28)4-10-24(25)26/h3-12,15-16,32H,13-14,17H2,1-2H3,(H,29,30)(H,31,33). The molecular formula is C27H27ClN4O4S. The van der Waals surface area contributed by atoms with Gasteiger partial charge in [-0.15, -0.1) is 0 Å². The molecule has 1 aromatic heterocycles. The Hall–Kier alpha value is -3.82. The third-order valence-electron chi connectivity index (χ3n) is 5.73. The van der Waals surface area contributed by atoms with Crippen molar-refractivity contribution in [3.8, 4) is 5.75 Å². The molecule has 0 aliphatic rings. The van der Waals surface area contributed by atoms with Crippen LogP contribution in [0.5, 0.6) is 5.75 Å². The van der Waals surface area contributed by atoms with Crippen molar-refractivity contribution in [1.29, 1.82) is 0 Å². The Bertz CT molecular complexity index is 1530. The quantitative estimate of drug-likeness (QED) is 0.247. The fourth-order valence-corrected chi connectivity index (χ4v) is 4.82. The molecule has 3 N–H and O–H groups in total. The normalized spacial score (nSPS) is 11.2. The lowest BCUT2D eigenvalue weighted by atomic mass is 10.1. The first-order chi connectivity index (χ1) is 17.7. The number of hydrogen-bond donors (Lipinski definition) is 3. The SMILES string of the molecule is Cc1ccc(NS(=O)(=O)c2ccc(OCC(=O)NCCNc3ccnc4cc(Cl)ccc34)cc2)cc1C. The largest absolute Gasteiger partial charge is 0.484 e. The number of amides is 1. The van der Waals surface area contributed by atoms with Crippen LogP contribution in [0, 0.1) is 13.8 Å². The van der Waals surface area contributed by atoms with Gasteiger partial charge in [0.15, 0.2) is 6.61 Å². The zero-order valence-electron chi connectivity index (χ0n) is 20.4. The van der Waals surface area contributed by atoms with Gasteiger partial charge in [0.05, 0.1) is 10.4 Å². The first-order valence-corrected chi connectivity index (χ1v) is 13.5. The molecule has 0 aliphatic heterocycles. The number of carbonyl (C=O) groups excluding carboxylic acids is 1. The van der Waals surface area contributed by atoms with Gasteiger partial charge in [0.1, 0.15) is 5.75 Å². The van der Waals surface area contributed by atoms with Crippen molar-refractivity contribution in [3.63, 3.8) is 0 Å². The number of ether oxygens (including phenoxy) is 1. The van der Waals surface area contributed by atoms with E-state index in [9.17, 15) is 13.2 Å². The van der Waals surface area contributed by atoms with E-state index in [0.717, 1.165) is 27.7 Å². The molecule has 10 heteroatoms. The van der Waals surface area contributed by atoms with Crippen LogP contribution in [0.2, 0.25) is 5.02 Å². The topological polar surface area (TPSA) is 109 Å². The number of nitrogens with zero attached hydrogens (tertiary/aromatic N) is 1. The van der Waals surface area contributed by atoms with Crippen LogP contribution >= 0.6 is 11.6 Å². The molecule has 0 bridgehead atoms. The summed E-state index contributed by atoms with van der Waals surface area (Å²) in [7, 11) is -3.75. The zero-order chi connectivity index (χ0) is 26.4. The number of aromatic nitrogens is 1. The molecule has 4 rings (SSSR count). The van der Waals surface area contributed by atoms with Crippen molar-refractivity contribution < 1.29 is 17.9 Å². The average molecular weight is 539 g/mol. The summed E-state index contributed by atoms with van der Waals surface area (Å²) in [6.07, 6.45) is 1.70. The molecule has 0 saturated carbocycles. The number of benzene rings is 3. The van der Waals surface area contributed by atoms with Crippen LogP contribution in [0.3, 0.4) is 0 Å². The van der Waals surface area contributed by atoms with Crippen LogP contribution in [-0.2, 0) is 14.8 Å². The molecule has 192 valence electrons. The summed E-state index contributed by atoms with van der Waals surface area (Å²) in [6.45, 7) is 4.59. The van der Waals surface area contributed by atoms with Crippen LogP contribution in [-0.4, -0.2) is 39.0 Å². The highest BCUT2D eigenvalue weighted by Gasteiger charge is 2.15. The molecule has 0 radical (unpaired) electrons. The Morgan fingerprint density at radius 3 is 2.49 bits per heavy atom. The van der Waals surface area contributed by atoms with Gasteiger partial charge < -0.3 is 15.4 Å². The third-order valence-corrected chi connectivity index (χ3v) is 7.36. The predicted molar refractivity (Wildman–Crippen MR) is 147 cm³/mol. The predicted octanol–water partition coefficient (Wildman–Crippen LogP) is 4.91. The van der Waals surface area contributed by atoms with Crippen LogP contribution < -0.4 is 20.1 Å². The van der Waals surface area contributed by atoms with Crippen molar-refractivity contribution in [2.24, 2.45) is 0 Å². The molecular weight excluding hydrogens is 512 g/mol. The van der Waals surface area contributed by atoms with E-state index in [1.807, 2.05) is 32.0 Å². The van der Waals surface area contributed by atoms with Gasteiger partial charge in [0.2, 0.25) is 0 Å². The first kappa shape index (κ1) is 26.2. The van der Waals surface area contributed by atoms with Crippen molar-refractivity contribution in [3.05, 3.63) is 89.1 Å². The summed E-state index contributed by atoms with van der Waals surface area (Å²) in [5.74, 6) is 0.0987. The van der Waals surface area contributed by atoms with Gasteiger partial charge in [0, 0.05) is 41.1 Å². The maximum atomic E-state index is 12.7. The van der Waals surface area contributed by atoms with Gasteiger partial charge in [-0.2, -0.15) is 0 Å². The zero-order valence-corrected chi connectivity index (χ0v) is 22.0. The van der Waals surface area contributed by atoms with Gasteiger partial charge in [-0.1, -0.05) is 17.7 Å². The van der Waals surface area contributed by atoms with Gasteiger partial charge >= 0.3 is 0 Å². The number of fused-ring (bicyclic) bond motifs is 1. The summed E-state index contributed by atoms with van der Waals surface area (Å²) < 4.78 is 33.4. The Balaban J connectivity index is 1.23. The molecule has 0 atom stereocenters. The molecule has 8 nitrogen and oxygen atoms in total. The van der Waals surface area contributed by atoms with E-state index in [-0.39, 0.29) is 17.4 Å². The maximum absolute atomic E-state index is 12.7. The highest BCUT2D eigenvalue weighted by atomic mass is 35.5. The summed E-state index contributed by atoms with van der Waals surface area (Å²) in [5.41, 5.74) is 4.26. The van der Waals surface area contributed by atoms with E-state index in [4.69, 9.17) is 16.3 Å². The smallest absolute Gasteiger partial charge is 0.261 e. The molecule has 3 aromatic carbocycles. The monoisotopic (exact) mass is 538 g/mol. The van der Waals surface area contributed by atoms with Gasteiger partial charge in [-0.25, -0.2) is 8.42 Å². The van der Waals surface area contributed by atoms with E-state index in [1.165, 1.54) is 24.3 Å². The number of anilines is 2. The Morgan fingerprint density at radius 1 is 0.946 bits per heavy atom. The highest BCUT2D eigenvalue weighted by molar-refractivity contribution is 7.92. The fraction of sp³-hybridized carbons (Fsp3) is 0.185. The minimum absolute atomic E-state index is 0.0968. The minimum atomic E-state index is -3.75. The van der Waals surface area contributed by atoms with Crippen LogP contribution in [0.15, 0.2) is 77.8 Å². The molecule has 1 amide bonds. The Kier molecular flexibility index (Phi) is 8.15. The summed E-state index contributed by atoms with van der Waals surface area (Å²) >= 11 is 6.02. The number of pyridine rings is 1. The molecule has 0 saturated heterocycles. The van der Waals surface area contributed by atoms with E-state index in [0.29, 0.717) is 29.5 Å². The summed E-state index contributed by atoms with van der Waals surface area (Å²) in [5, 5.41) is 7.62. The highest BCUT2D eigenvalue weighted by Crippen LogP contribution is 2.24. The van der Waals surface area contributed by atoms with E-state index >= 15 is 0 Å². The lowest BCUT2D eigenvalue weighted by molar-refractivity contribution is -0.123. The van der Waals surface area contributed by atoms with Gasteiger partial charge in [0.25, 0.3) is 15.9 Å². The second kappa shape index (κ2) is 11.5. The molecule has 0 spiro atoms. The van der Waals surface area contributed by atoms with Crippen molar-refractivity contribution in [1.82, 2.24) is 10.3 Å². The average Bonchev–Trinajstić information content (AvgIpc) is 2.87. The maximum Gasteiger partial charge on any atom is 0.261 e. The van der Waals surface area contributed by atoms with E-state index in [1.54, 1.807) is 30.5 Å². The van der Waals surface area contributed by atoms with Crippen LogP contribution in [0.4, 0.5) is 11.4 Å². The van der Waals surface area contributed by atoms with Crippen molar-refractivity contribution in [2.75, 3.05) is 29.7 Å². The summed E-state index contributed by atoms with van der Waals surface area (Å²) in [6, 6.07) is 18.6. The molecule has 37 heavy (non-hydrogen) atoms. The Morgan fingerprint density at radius 2 is 1.73 bits per heavy atom.